The lowest BCUT2D eigenvalue weighted by atomic mass is 10.1. The zero-order valence-corrected chi connectivity index (χ0v) is 9.75. The smallest absolute Gasteiger partial charge is 0.188 e. The molecule has 2 rings (SSSR count). The number of furan rings is 1. The molecule has 0 aliphatic rings. The number of benzene rings is 1. The fourth-order valence-corrected chi connectivity index (χ4v) is 1.59. The van der Waals surface area contributed by atoms with Crippen molar-refractivity contribution in [3.63, 3.8) is 0 Å². The van der Waals surface area contributed by atoms with E-state index in [1.54, 1.807) is 18.2 Å². The highest BCUT2D eigenvalue weighted by Gasteiger charge is 2.17. The quantitative estimate of drug-likeness (QED) is 0.650. The summed E-state index contributed by atoms with van der Waals surface area (Å²) in [4.78, 5) is 10.8. The molecule has 0 unspecified atom stereocenters. The molecule has 0 aliphatic heterocycles. The summed E-state index contributed by atoms with van der Waals surface area (Å²) >= 11 is 0. The summed E-state index contributed by atoms with van der Waals surface area (Å²) in [6.07, 6.45) is 2.05. The van der Waals surface area contributed by atoms with E-state index in [0.29, 0.717) is 23.4 Å². The third-order valence-corrected chi connectivity index (χ3v) is 2.40. The predicted octanol–water partition coefficient (Wildman–Crippen LogP) is 2.45. The van der Waals surface area contributed by atoms with Crippen LogP contribution in [0.25, 0.3) is 11.3 Å². The van der Waals surface area contributed by atoms with E-state index in [-0.39, 0.29) is 18.1 Å². The van der Waals surface area contributed by atoms with Crippen molar-refractivity contribution in [3.8, 4) is 22.8 Å². The van der Waals surface area contributed by atoms with Crippen molar-refractivity contribution in [2.45, 2.75) is 0 Å². The molecular formula is C13H12O5. The van der Waals surface area contributed by atoms with Gasteiger partial charge in [0.05, 0.1) is 11.8 Å². The topological polar surface area (TPSA) is 68.9 Å². The van der Waals surface area contributed by atoms with Gasteiger partial charge < -0.3 is 19.0 Å². The van der Waals surface area contributed by atoms with Gasteiger partial charge in [-0.15, -0.1) is 0 Å². The maximum Gasteiger partial charge on any atom is 0.188 e. The highest BCUT2D eigenvalue weighted by Crippen LogP contribution is 2.39. The van der Waals surface area contributed by atoms with Gasteiger partial charge in [-0.2, -0.15) is 0 Å². The normalized spacial score (nSPS) is 10.3. The first-order valence-electron chi connectivity index (χ1n) is 5.24. The molecule has 94 valence electrons. The minimum Gasteiger partial charge on any atom is -0.506 e. The summed E-state index contributed by atoms with van der Waals surface area (Å²) in [6.45, 7) is 0.0353. The third kappa shape index (κ3) is 2.21. The largest absolute Gasteiger partial charge is 0.506 e. The van der Waals surface area contributed by atoms with Crippen LogP contribution < -0.4 is 4.74 Å². The van der Waals surface area contributed by atoms with Crippen LogP contribution in [0, 0.1) is 0 Å². The van der Waals surface area contributed by atoms with Crippen LogP contribution in [-0.2, 0) is 4.74 Å². The van der Waals surface area contributed by atoms with Crippen molar-refractivity contribution in [2.24, 2.45) is 0 Å². The monoisotopic (exact) mass is 248 g/mol. The van der Waals surface area contributed by atoms with Crippen LogP contribution >= 0.6 is 0 Å². The molecule has 18 heavy (non-hydrogen) atoms. The lowest BCUT2D eigenvalue weighted by Gasteiger charge is -2.11. The SMILES string of the molecule is COCOc1ccc(C=O)c(O)c1-c1ccco1. The van der Waals surface area contributed by atoms with Crippen LogP contribution in [0.4, 0.5) is 0 Å². The highest BCUT2D eigenvalue weighted by atomic mass is 16.7. The van der Waals surface area contributed by atoms with Crippen LogP contribution in [0.3, 0.4) is 0 Å². The molecule has 2 aromatic rings. The summed E-state index contributed by atoms with van der Waals surface area (Å²) < 4.78 is 15.4. The van der Waals surface area contributed by atoms with E-state index in [4.69, 9.17) is 13.9 Å². The molecule has 0 aliphatic carbocycles. The van der Waals surface area contributed by atoms with Gasteiger partial charge in [-0.1, -0.05) is 0 Å². The van der Waals surface area contributed by atoms with E-state index < -0.39 is 0 Å². The first-order chi connectivity index (χ1) is 8.77. The molecule has 5 nitrogen and oxygen atoms in total. The molecular weight excluding hydrogens is 236 g/mol. The maximum atomic E-state index is 10.8. The molecule has 5 heteroatoms. The summed E-state index contributed by atoms with van der Waals surface area (Å²) in [6, 6.07) is 6.41. The lowest BCUT2D eigenvalue weighted by Crippen LogP contribution is -2.01. The van der Waals surface area contributed by atoms with E-state index in [9.17, 15) is 9.90 Å². The lowest BCUT2D eigenvalue weighted by molar-refractivity contribution is 0.0513. The second-order valence-electron chi connectivity index (χ2n) is 3.52. The van der Waals surface area contributed by atoms with Crippen LogP contribution in [0.5, 0.6) is 11.5 Å². The van der Waals surface area contributed by atoms with E-state index in [0.717, 1.165) is 0 Å². The number of hydrogen-bond donors (Lipinski definition) is 1. The molecule has 0 fully saturated rings. The number of phenolic OH excluding ortho intramolecular Hbond substituents is 1. The van der Waals surface area contributed by atoms with E-state index in [2.05, 4.69) is 0 Å². The molecule has 1 aromatic heterocycles. The standard InChI is InChI=1S/C13H12O5/c1-16-8-18-11-5-4-9(7-14)13(15)12(11)10-3-2-6-17-10/h2-7,15H,8H2,1H3. The molecule has 0 spiro atoms. The second-order valence-corrected chi connectivity index (χ2v) is 3.52. The number of phenols is 1. The van der Waals surface area contributed by atoms with Gasteiger partial charge >= 0.3 is 0 Å². The minimum absolute atomic E-state index is 0.0353. The number of rotatable bonds is 5. The molecule has 1 N–H and O–H groups in total. The Morgan fingerprint density at radius 2 is 2.22 bits per heavy atom. The van der Waals surface area contributed by atoms with Gasteiger partial charge in [-0.05, 0) is 24.3 Å². The molecule has 0 amide bonds. The van der Waals surface area contributed by atoms with Gasteiger partial charge in [0.2, 0.25) is 0 Å². The molecule has 0 atom stereocenters. The molecule has 0 saturated carbocycles. The van der Waals surface area contributed by atoms with Gasteiger partial charge in [0.1, 0.15) is 22.8 Å². The van der Waals surface area contributed by atoms with Gasteiger partial charge in [0.25, 0.3) is 0 Å². The van der Waals surface area contributed by atoms with Gasteiger partial charge in [0.15, 0.2) is 13.1 Å². The number of carbonyl (C=O) groups is 1. The number of aromatic hydroxyl groups is 1. The molecule has 0 bridgehead atoms. The average molecular weight is 248 g/mol. The van der Waals surface area contributed by atoms with Gasteiger partial charge in [-0.25, -0.2) is 0 Å². The fraction of sp³-hybridized carbons (Fsp3) is 0.154. The zero-order valence-electron chi connectivity index (χ0n) is 9.75. The fourth-order valence-electron chi connectivity index (χ4n) is 1.59. The van der Waals surface area contributed by atoms with Crippen molar-refractivity contribution in [1.82, 2.24) is 0 Å². The Morgan fingerprint density at radius 1 is 1.39 bits per heavy atom. The van der Waals surface area contributed by atoms with E-state index >= 15 is 0 Å². The average Bonchev–Trinajstić information content (AvgIpc) is 2.90. The predicted molar refractivity (Wildman–Crippen MR) is 63.7 cm³/mol. The van der Waals surface area contributed by atoms with Crippen molar-refractivity contribution < 1.29 is 23.8 Å². The first kappa shape index (κ1) is 12.2. The Kier molecular flexibility index (Phi) is 3.64. The van der Waals surface area contributed by atoms with Crippen molar-refractivity contribution in [1.29, 1.82) is 0 Å². The Bertz CT molecular complexity index is 531. The molecule has 1 heterocycles. The Balaban J connectivity index is 2.53. The number of methoxy groups -OCH3 is 1. The van der Waals surface area contributed by atoms with Crippen LogP contribution in [0.2, 0.25) is 0 Å². The Morgan fingerprint density at radius 3 is 2.83 bits per heavy atom. The van der Waals surface area contributed by atoms with Crippen molar-refractivity contribution in [3.05, 3.63) is 36.1 Å². The number of carbonyl (C=O) groups excluding carboxylic acids is 1. The highest BCUT2D eigenvalue weighted by molar-refractivity contribution is 5.87. The van der Waals surface area contributed by atoms with Crippen LogP contribution in [0.1, 0.15) is 10.4 Å². The summed E-state index contributed by atoms with van der Waals surface area (Å²) in [7, 11) is 1.49. The molecule has 0 saturated heterocycles. The Labute approximate surface area is 104 Å². The third-order valence-electron chi connectivity index (χ3n) is 2.40. The molecule has 1 aromatic carbocycles. The van der Waals surface area contributed by atoms with Crippen molar-refractivity contribution >= 4 is 6.29 Å². The summed E-state index contributed by atoms with van der Waals surface area (Å²) in [5.41, 5.74) is 0.507. The number of ether oxygens (including phenoxy) is 2. The maximum absolute atomic E-state index is 10.8. The van der Waals surface area contributed by atoms with E-state index in [1.165, 1.54) is 19.4 Å². The minimum atomic E-state index is -0.173. The zero-order chi connectivity index (χ0) is 13.0. The second kappa shape index (κ2) is 5.37. The van der Waals surface area contributed by atoms with Gasteiger partial charge in [-0.3, -0.25) is 4.79 Å². The van der Waals surface area contributed by atoms with Crippen LogP contribution in [0.15, 0.2) is 34.9 Å². The van der Waals surface area contributed by atoms with Crippen LogP contribution in [-0.4, -0.2) is 25.3 Å². The van der Waals surface area contributed by atoms with Gasteiger partial charge in [0, 0.05) is 7.11 Å². The van der Waals surface area contributed by atoms with E-state index in [1.807, 2.05) is 0 Å². The molecule has 0 radical (unpaired) electrons. The summed E-state index contributed by atoms with van der Waals surface area (Å²) in [5.74, 6) is 0.630. The number of aldehydes is 1. The summed E-state index contributed by atoms with van der Waals surface area (Å²) in [5, 5.41) is 10.0. The first-order valence-corrected chi connectivity index (χ1v) is 5.24. The Hall–Kier alpha value is -2.27. The van der Waals surface area contributed by atoms with Crippen molar-refractivity contribution in [2.75, 3.05) is 13.9 Å². The number of hydrogen-bond acceptors (Lipinski definition) is 5.